The summed E-state index contributed by atoms with van der Waals surface area (Å²) in [5, 5.41) is 0. The molecule has 1 atom stereocenters. The second-order valence-corrected chi connectivity index (χ2v) is 7.48. The average molecular weight is 391 g/mol. The van der Waals surface area contributed by atoms with Crippen LogP contribution >= 0.6 is 0 Å². The first-order valence-electron chi connectivity index (χ1n) is 10.9. The lowest BCUT2D eigenvalue weighted by Crippen LogP contribution is -2.12. The number of hydrogen-bond acceptors (Lipinski definition) is 4. The zero-order valence-electron chi connectivity index (χ0n) is 18.2. The maximum Gasteiger partial charge on any atom is 0.189 e. The molecule has 28 heavy (non-hydrogen) atoms. The molecule has 1 aliphatic carbocycles. The Labute approximate surface area is 171 Å². The molecule has 0 spiro atoms. The maximum absolute atomic E-state index is 6.09. The molecule has 0 aromatic heterocycles. The van der Waals surface area contributed by atoms with Gasteiger partial charge < -0.3 is 18.9 Å². The van der Waals surface area contributed by atoms with E-state index >= 15 is 0 Å². The van der Waals surface area contributed by atoms with Gasteiger partial charge in [-0.05, 0) is 70.6 Å². The SMILES string of the molecule is CCCCCc1cc(OCOCC)c(C2C=C(C)CCC2)c(OCOCC)c1. The van der Waals surface area contributed by atoms with Gasteiger partial charge in [0.1, 0.15) is 11.5 Å². The van der Waals surface area contributed by atoms with Crippen molar-refractivity contribution in [2.75, 3.05) is 26.8 Å². The van der Waals surface area contributed by atoms with E-state index in [0.717, 1.165) is 29.9 Å². The molecule has 0 radical (unpaired) electrons. The minimum atomic E-state index is 0.266. The lowest BCUT2D eigenvalue weighted by Gasteiger charge is -2.25. The summed E-state index contributed by atoms with van der Waals surface area (Å²) in [6.07, 6.45) is 10.5. The number of rotatable bonds is 13. The highest BCUT2D eigenvalue weighted by Gasteiger charge is 2.23. The summed E-state index contributed by atoms with van der Waals surface area (Å²) in [5.41, 5.74) is 3.83. The molecule has 0 bridgehead atoms. The van der Waals surface area contributed by atoms with Gasteiger partial charge in [-0.2, -0.15) is 0 Å². The quantitative estimate of drug-likeness (QED) is 0.222. The van der Waals surface area contributed by atoms with E-state index in [1.54, 1.807) is 0 Å². The smallest absolute Gasteiger partial charge is 0.189 e. The van der Waals surface area contributed by atoms with Gasteiger partial charge in [0, 0.05) is 24.7 Å². The molecule has 0 N–H and O–H groups in total. The molecule has 0 amide bonds. The summed E-state index contributed by atoms with van der Waals surface area (Å²) in [6.45, 7) is 10.2. The fraction of sp³-hybridized carbons (Fsp3) is 0.667. The largest absolute Gasteiger partial charge is 0.467 e. The van der Waals surface area contributed by atoms with Crippen molar-refractivity contribution in [3.63, 3.8) is 0 Å². The molecule has 2 rings (SSSR count). The van der Waals surface area contributed by atoms with Crippen LogP contribution in [0.4, 0.5) is 0 Å². The molecule has 1 unspecified atom stereocenters. The normalized spacial score (nSPS) is 16.7. The van der Waals surface area contributed by atoms with Crippen LogP contribution in [-0.4, -0.2) is 26.8 Å². The number of aryl methyl sites for hydroxylation is 1. The Morgan fingerprint density at radius 3 is 2.11 bits per heavy atom. The van der Waals surface area contributed by atoms with E-state index < -0.39 is 0 Å². The van der Waals surface area contributed by atoms with Crippen LogP contribution in [-0.2, 0) is 15.9 Å². The van der Waals surface area contributed by atoms with Crippen LogP contribution < -0.4 is 9.47 Å². The Morgan fingerprint density at radius 2 is 1.57 bits per heavy atom. The van der Waals surface area contributed by atoms with Crippen molar-refractivity contribution in [3.05, 3.63) is 34.9 Å². The Morgan fingerprint density at radius 1 is 0.929 bits per heavy atom. The molecule has 158 valence electrons. The topological polar surface area (TPSA) is 36.9 Å². The molecule has 0 saturated heterocycles. The molecule has 0 aliphatic heterocycles. The molecule has 4 nitrogen and oxygen atoms in total. The molecule has 1 aromatic carbocycles. The number of unbranched alkanes of at least 4 members (excludes halogenated alkanes) is 2. The summed E-state index contributed by atoms with van der Waals surface area (Å²) in [4.78, 5) is 0. The highest BCUT2D eigenvalue weighted by atomic mass is 16.7. The molecule has 4 heteroatoms. The van der Waals surface area contributed by atoms with Gasteiger partial charge in [0.15, 0.2) is 13.6 Å². The first kappa shape index (κ1) is 22.8. The van der Waals surface area contributed by atoms with Gasteiger partial charge in [-0.1, -0.05) is 31.4 Å². The number of allylic oxidation sites excluding steroid dienone is 2. The van der Waals surface area contributed by atoms with E-state index in [0.29, 0.717) is 19.1 Å². The molecular formula is C24H38O4. The first-order valence-corrected chi connectivity index (χ1v) is 10.9. The van der Waals surface area contributed by atoms with Gasteiger partial charge in [-0.25, -0.2) is 0 Å². The zero-order valence-corrected chi connectivity index (χ0v) is 18.2. The summed E-state index contributed by atoms with van der Waals surface area (Å²) in [7, 11) is 0. The fourth-order valence-electron chi connectivity index (χ4n) is 3.70. The molecule has 0 heterocycles. The zero-order chi connectivity index (χ0) is 20.2. The molecule has 0 saturated carbocycles. The summed E-state index contributed by atoms with van der Waals surface area (Å²) < 4.78 is 23.1. The van der Waals surface area contributed by atoms with E-state index in [2.05, 4.69) is 32.1 Å². The lowest BCUT2D eigenvalue weighted by atomic mass is 9.84. The maximum atomic E-state index is 6.09. The number of ether oxygens (including phenoxy) is 4. The minimum Gasteiger partial charge on any atom is -0.467 e. The van der Waals surface area contributed by atoms with Crippen LogP contribution in [0.5, 0.6) is 11.5 Å². The molecule has 1 aromatic rings. The van der Waals surface area contributed by atoms with Crippen molar-refractivity contribution in [2.24, 2.45) is 0 Å². The summed E-state index contributed by atoms with van der Waals surface area (Å²) in [5.74, 6) is 2.10. The van der Waals surface area contributed by atoms with Crippen molar-refractivity contribution in [3.8, 4) is 11.5 Å². The van der Waals surface area contributed by atoms with E-state index in [9.17, 15) is 0 Å². The van der Waals surface area contributed by atoms with Crippen LogP contribution in [0.15, 0.2) is 23.8 Å². The molecule has 1 aliphatic rings. The Hall–Kier alpha value is -1.52. The van der Waals surface area contributed by atoms with E-state index in [4.69, 9.17) is 18.9 Å². The van der Waals surface area contributed by atoms with Crippen LogP contribution in [0.25, 0.3) is 0 Å². The van der Waals surface area contributed by atoms with Crippen LogP contribution in [0.1, 0.15) is 83.3 Å². The highest BCUT2D eigenvalue weighted by Crippen LogP contribution is 2.42. The number of hydrogen-bond donors (Lipinski definition) is 0. The van der Waals surface area contributed by atoms with Gasteiger partial charge in [0.05, 0.1) is 0 Å². The predicted molar refractivity (Wildman–Crippen MR) is 114 cm³/mol. The van der Waals surface area contributed by atoms with E-state index in [1.165, 1.54) is 43.2 Å². The summed E-state index contributed by atoms with van der Waals surface area (Å²) in [6, 6.07) is 4.38. The van der Waals surface area contributed by atoms with Crippen molar-refractivity contribution < 1.29 is 18.9 Å². The minimum absolute atomic E-state index is 0.266. The van der Waals surface area contributed by atoms with Crippen LogP contribution in [0.3, 0.4) is 0 Å². The summed E-state index contributed by atoms with van der Waals surface area (Å²) >= 11 is 0. The Kier molecular flexibility index (Phi) is 10.4. The van der Waals surface area contributed by atoms with Gasteiger partial charge in [0.25, 0.3) is 0 Å². The van der Waals surface area contributed by atoms with Crippen LogP contribution in [0.2, 0.25) is 0 Å². The third-order valence-electron chi connectivity index (χ3n) is 5.18. The fourth-order valence-corrected chi connectivity index (χ4v) is 3.70. The van der Waals surface area contributed by atoms with Crippen molar-refractivity contribution in [1.82, 2.24) is 0 Å². The Bertz CT molecular complexity index is 578. The standard InChI is InChI=1S/C24H38O4/c1-5-8-9-12-20-15-22(27-17-25-6-2)24(21-13-10-11-19(4)14-21)23(16-20)28-18-26-7-3/h14-16,21H,5-13,17-18H2,1-4H3. The van der Waals surface area contributed by atoms with Gasteiger partial charge in [0.2, 0.25) is 0 Å². The second-order valence-electron chi connectivity index (χ2n) is 7.48. The van der Waals surface area contributed by atoms with Crippen molar-refractivity contribution >= 4 is 0 Å². The predicted octanol–water partition coefficient (Wildman–Crippen LogP) is 6.38. The van der Waals surface area contributed by atoms with E-state index in [1.807, 2.05) is 13.8 Å². The van der Waals surface area contributed by atoms with Gasteiger partial charge in [-0.15, -0.1) is 0 Å². The third kappa shape index (κ3) is 7.14. The number of benzene rings is 1. The van der Waals surface area contributed by atoms with Crippen LogP contribution in [0, 0.1) is 0 Å². The van der Waals surface area contributed by atoms with Crippen molar-refractivity contribution in [2.45, 2.75) is 78.6 Å². The van der Waals surface area contributed by atoms with Gasteiger partial charge >= 0.3 is 0 Å². The van der Waals surface area contributed by atoms with Crippen molar-refractivity contribution in [1.29, 1.82) is 0 Å². The highest BCUT2D eigenvalue weighted by molar-refractivity contribution is 5.52. The third-order valence-corrected chi connectivity index (χ3v) is 5.18. The molecule has 0 fully saturated rings. The average Bonchev–Trinajstić information content (AvgIpc) is 2.68. The lowest BCUT2D eigenvalue weighted by molar-refractivity contribution is 0.0167. The second kappa shape index (κ2) is 12.8. The Balaban J connectivity index is 2.37. The first-order chi connectivity index (χ1) is 13.7. The molecular weight excluding hydrogens is 352 g/mol. The monoisotopic (exact) mass is 390 g/mol. The van der Waals surface area contributed by atoms with E-state index in [-0.39, 0.29) is 13.6 Å². The van der Waals surface area contributed by atoms with Gasteiger partial charge in [-0.3, -0.25) is 0 Å².